The van der Waals surface area contributed by atoms with Crippen LogP contribution in [0.25, 0.3) is 11.0 Å². The zero-order valence-corrected chi connectivity index (χ0v) is 10.7. The van der Waals surface area contributed by atoms with E-state index >= 15 is 0 Å². The molecule has 3 rings (SSSR count). The van der Waals surface area contributed by atoms with Crippen LogP contribution in [0.5, 0.6) is 0 Å². The highest BCUT2D eigenvalue weighted by Gasteiger charge is 2.12. The molecule has 5 heteroatoms. The van der Waals surface area contributed by atoms with E-state index in [0.717, 1.165) is 5.56 Å². The summed E-state index contributed by atoms with van der Waals surface area (Å²) in [7, 11) is 0. The molecule has 96 valence electrons. The molecular weight excluding hydrogens is 265 g/mol. The number of hydrogen-bond acceptors (Lipinski definition) is 2. The maximum Gasteiger partial charge on any atom is 0.201 e. The Morgan fingerprint density at radius 3 is 2.74 bits per heavy atom. The van der Waals surface area contributed by atoms with Gasteiger partial charge in [0.15, 0.2) is 5.82 Å². The SMILES string of the molecule is Nc1nc2c(F)cccc2n1Cc1ccccc1Cl. The van der Waals surface area contributed by atoms with Crippen molar-refractivity contribution in [1.29, 1.82) is 0 Å². The summed E-state index contributed by atoms with van der Waals surface area (Å²) in [5.41, 5.74) is 7.73. The lowest BCUT2D eigenvalue weighted by atomic mass is 10.2. The Bertz CT molecular complexity index is 752. The van der Waals surface area contributed by atoms with Crippen LogP contribution in [-0.4, -0.2) is 9.55 Å². The number of nitrogens with two attached hydrogens (primary N) is 1. The highest BCUT2D eigenvalue weighted by molar-refractivity contribution is 6.31. The van der Waals surface area contributed by atoms with Crippen molar-refractivity contribution in [3.05, 3.63) is 58.9 Å². The number of aromatic nitrogens is 2. The quantitative estimate of drug-likeness (QED) is 0.778. The van der Waals surface area contributed by atoms with Crippen molar-refractivity contribution in [2.24, 2.45) is 0 Å². The molecule has 0 unspecified atom stereocenters. The molecule has 0 aliphatic heterocycles. The molecule has 3 aromatic rings. The minimum atomic E-state index is -0.373. The number of benzene rings is 2. The summed E-state index contributed by atoms with van der Waals surface area (Å²) in [5, 5.41) is 0.653. The van der Waals surface area contributed by atoms with Crippen LogP contribution in [0, 0.1) is 5.82 Å². The summed E-state index contributed by atoms with van der Waals surface area (Å²) in [4.78, 5) is 4.06. The predicted octanol–water partition coefficient (Wildman–Crippen LogP) is 3.46. The molecular formula is C14H11ClFN3. The predicted molar refractivity (Wildman–Crippen MR) is 74.7 cm³/mol. The first-order chi connectivity index (χ1) is 9.16. The monoisotopic (exact) mass is 275 g/mol. The average molecular weight is 276 g/mol. The van der Waals surface area contributed by atoms with Crippen molar-refractivity contribution in [1.82, 2.24) is 9.55 Å². The van der Waals surface area contributed by atoms with Gasteiger partial charge in [-0.3, -0.25) is 0 Å². The van der Waals surface area contributed by atoms with Crippen molar-refractivity contribution < 1.29 is 4.39 Å². The van der Waals surface area contributed by atoms with Crippen LogP contribution < -0.4 is 5.73 Å². The number of fused-ring (bicyclic) bond motifs is 1. The summed E-state index contributed by atoms with van der Waals surface area (Å²) >= 11 is 6.13. The lowest BCUT2D eigenvalue weighted by Crippen LogP contribution is -2.04. The van der Waals surface area contributed by atoms with Gasteiger partial charge in [0.25, 0.3) is 0 Å². The zero-order valence-electron chi connectivity index (χ0n) is 9.98. The number of rotatable bonds is 2. The Hall–Kier alpha value is -2.07. The van der Waals surface area contributed by atoms with E-state index in [9.17, 15) is 4.39 Å². The molecule has 0 amide bonds. The van der Waals surface area contributed by atoms with Gasteiger partial charge in [-0.25, -0.2) is 9.37 Å². The Morgan fingerprint density at radius 2 is 1.95 bits per heavy atom. The van der Waals surface area contributed by atoms with E-state index in [-0.39, 0.29) is 17.3 Å². The molecule has 0 aliphatic carbocycles. The fourth-order valence-corrected chi connectivity index (χ4v) is 2.29. The van der Waals surface area contributed by atoms with Crippen molar-refractivity contribution in [2.75, 3.05) is 5.73 Å². The van der Waals surface area contributed by atoms with E-state index < -0.39 is 0 Å². The number of halogens is 2. The smallest absolute Gasteiger partial charge is 0.201 e. The number of nitrogen functional groups attached to an aromatic ring is 1. The molecule has 0 fully saturated rings. The standard InChI is InChI=1S/C14H11ClFN3/c15-10-5-2-1-4-9(10)8-19-12-7-3-6-11(16)13(12)18-14(19)17/h1-7H,8H2,(H2,17,18). The first-order valence-corrected chi connectivity index (χ1v) is 6.18. The molecule has 1 heterocycles. The molecule has 19 heavy (non-hydrogen) atoms. The molecule has 0 aliphatic rings. The second kappa shape index (κ2) is 4.55. The van der Waals surface area contributed by atoms with Gasteiger partial charge in [0, 0.05) is 5.02 Å². The zero-order chi connectivity index (χ0) is 13.4. The maximum absolute atomic E-state index is 13.6. The first kappa shape index (κ1) is 12.0. The largest absolute Gasteiger partial charge is 0.369 e. The van der Waals surface area contributed by atoms with Gasteiger partial charge in [0.2, 0.25) is 5.95 Å². The summed E-state index contributed by atoms with van der Waals surface area (Å²) in [6.45, 7) is 0.464. The van der Waals surface area contributed by atoms with Crippen LogP contribution in [-0.2, 0) is 6.54 Å². The average Bonchev–Trinajstić information content (AvgIpc) is 2.71. The number of imidazole rings is 1. The van der Waals surface area contributed by atoms with Crippen molar-refractivity contribution in [3.8, 4) is 0 Å². The minimum Gasteiger partial charge on any atom is -0.369 e. The normalized spacial score (nSPS) is 11.1. The summed E-state index contributed by atoms with van der Waals surface area (Å²) in [6, 6.07) is 12.3. The van der Waals surface area contributed by atoms with Crippen LogP contribution >= 0.6 is 11.6 Å². The first-order valence-electron chi connectivity index (χ1n) is 5.80. The van der Waals surface area contributed by atoms with Gasteiger partial charge in [-0.1, -0.05) is 35.9 Å². The summed E-state index contributed by atoms with van der Waals surface area (Å²) in [6.07, 6.45) is 0. The fraction of sp³-hybridized carbons (Fsp3) is 0.0714. The Kier molecular flexibility index (Phi) is 2.87. The molecule has 2 aromatic carbocycles. The Labute approximate surface area is 114 Å². The molecule has 3 nitrogen and oxygen atoms in total. The van der Waals surface area contributed by atoms with Gasteiger partial charge >= 0.3 is 0 Å². The second-order valence-corrected chi connectivity index (χ2v) is 4.66. The number of para-hydroxylation sites is 1. The Morgan fingerprint density at radius 1 is 1.16 bits per heavy atom. The molecule has 0 spiro atoms. The highest BCUT2D eigenvalue weighted by Crippen LogP contribution is 2.24. The third-order valence-electron chi connectivity index (χ3n) is 3.05. The summed E-state index contributed by atoms with van der Waals surface area (Å²) < 4.78 is 15.4. The van der Waals surface area contributed by atoms with Crippen LogP contribution in [0.15, 0.2) is 42.5 Å². The lowest BCUT2D eigenvalue weighted by molar-refractivity contribution is 0.637. The van der Waals surface area contributed by atoms with E-state index in [2.05, 4.69) is 4.98 Å². The van der Waals surface area contributed by atoms with Crippen molar-refractivity contribution >= 4 is 28.6 Å². The molecule has 0 saturated heterocycles. The number of anilines is 1. The van der Waals surface area contributed by atoms with E-state index in [4.69, 9.17) is 17.3 Å². The van der Waals surface area contributed by atoms with Gasteiger partial charge in [0.1, 0.15) is 5.52 Å². The van der Waals surface area contributed by atoms with E-state index in [0.29, 0.717) is 17.1 Å². The van der Waals surface area contributed by atoms with Gasteiger partial charge in [-0.2, -0.15) is 0 Å². The third-order valence-corrected chi connectivity index (χ3v) is 3.41. The minimum absolute atomic E-state index is 0.278. The van der Waals surface area contributed by atoms with Gasteiger partial charge in [-0.15, -0.1) is 0 Å². The Balaban J connectivity index is 2.13. The molecule has 0 saturated carbocycles. The number of hydrogen-bond donors (Lipinski definition) is 1. The lowest BCUT2D eigenvalue weighted by Gasteiger charge is -2.08. The van der Waals surface area contributed by atoms with Gasteiger partial charge in [0.05, 0.1) is 12.1 Å². The molecule has 0 atom stereocenters. The maximum atomic E-state index is 13.6. The number of nitrogens with zero attached hydrogens (tertiary/aromatic N) is 2. The van der Waals surface area contributed by atoms with E-state index in [1.165, 1.54) is 6.07 Å². The third kappa shape index (κ3) is 2.04. The van der Waals surface area contributed by atoms with Crippen LogP contribution in [0.4, 0.5) is 10.3 Å². The van der Waals surface area contributed by atoms with Crippen LogP contribution in [0.2, 0.25) is 5.02 Å². The molecule has 0 radical (unpaired) electrons. The summed E-state index contributed by atoms with van der Waals surface area (Å²) in [5.74, 6) is -0.0953. The molecule has 0 bridgehead atoms. The van der Waals surface area contributed by atoms with Gasteiger partial charge < -0.3 is 10.3 Å². The second-order valence-electron chi connectivity index (χ2n) is 4.26. The molecule has 2 N–H and O–H groups in total. The van der Waals surface area contributed by atoms with E-state index in [1.54, 1.807) is 16.7 Å². The van der Waals surface area contributed by atoms with Gasteiger partial charge in [-0.05, 0) is 23.8 Å². The van der Waals surface area contributed by atoms with Crippen LogP contribution in [0.3, 0.4) is 0 Å². The topological polar surface area (TPSA) is 43.8 Å². The highest BCUT2D eigenvalue weighted by atomic mass is 35.5. The molecule has 1 aromatic heterocycles. The van der Waals surface area contributed by atoms with Crippen molar-refractivity contribution in [3.63, 3.8) is 0 Å². The van der Waals surface area contributed by atoms with Crippen molar-refractivity contribution in [2.45, 2.75) is 6.54 Å². The van der Waals surface area contributed by atoms with E-state index in [1.807, 2.05) is 24.3 Å². The van der Waals surface area contributed by atoms with Crippen LogP contribution in [0.1, 0.15) is 5.56 Å². The fourth-order valence-electron chi connectivity index (χ4n) is 2.09.